The average Bonchev–Trinajstić information content (AvgIpc) is 2.82. The van der Waals surface area contributed by atoms with Gasteiger partial charge in [-0.2, -0.15) is 0 Å². The molecule has 2 atom stereocenters. The Morgan fingerprint density at radius 1 is 1.22 bits per heavy atom. The van der Waals surface area contributed by atoms with Crippen molar-refractivity contribution in [3.63, 3.8) is 0 Å². The van der Waals surface area contributed by atoms with E-state index >= 15 is 0 Å². The largest absolute Gasteiger partial charge is 0.481 e. The van der Waals surface area contributed by atoms with Gasteiger partial charge in [0.15, 0.2) is 0 Å². The number of fused-ring (bicyclic) bond motifs is 1. The van der Waals surface area contributed by atoms with E-state index in [9.17, 15) is 9.90 Å². The topological polar surface area (TPSA) is 74.7 Å². The van der Waals surface area contributed by atoms with Crippen LogP contribution in [0.2, 0.25) is 0 Å². The monoisotopic (exact) mass is 437 g/mol. The second-order valence-electron chi connectivity index (χ2n) is 9.05. The second kappa shape index (κ2) is 11.4. The summed E-state index contributed by atoms with van der Waals surface area (Å²) in [5.74, 6) is 0.195. The fourth-order valence-corrected chi connectivity index (χ4v) is 4.81. The summed E-state index contributed by atoms with van der Waals surface area (Å²) in [4.78, 5) is 18.6. The molecule has 3 heterocycles. The molecule has 0 saturated carbocycles. The Bertz CT molecular complexity index is 874. The number of rotatable bonds is 10. The molecule has 2 aliphatic heterocycles. The quantitative estimate of drug-likeness (QED) is 0.583. The molecule has 1 fully saturated rings. The van der Waals surface area contributed by atoms with Crippen molar-refractivity contribution < 1.29 is 14.6 Å². The average molecular weight is 438 g/mol. The van der Waals surface area contributed by atoms with Crippen LogP contribution in [0.1, 0.15) is 54.8 Å². The van der Waals surface area contributed by atoms with Gasteiger partial charge < -0.3 is 20.1 Å². The lowest BCUT2D eigenvalue weighted by atomic mass is 9.96. The van der Waals surface area contributed by atoms with Crippen molar-refractivity contribution in [2.45, 2.75) is 57.0 Å². The van der Waals surface area contributed by atoms with E-state index in [-0.39, 0.29) is 18.4 Å². The second-order valence-corrected chi connectivity index (χ2v) is 9.05. The number of aromatic nitrogens is 1. The molecule has 32 heavy (non-hydrogen) atoms. The smallest absolute Gasteiger partial charge is 0.304 e. The predicted molar refractivity (Wildman–Crippen MR) is 126 cm³/mol. The first-order chi connectivity index (χ1) is 15.7. The molecule has 0 bridgehead atoms. The van der Waals surface area contributed by atoms with Crippen LogP contribution in [0.5, 0.6) is 0 Å². The maximum atomic E-state index is 11.3. The van der Waals surface area contributed by atoms with Gasteiger partial charge in [-0.25, -0.2) is 4.98 Å². The van der Waals surface area contributed by atoms with Crippen LogP contribution in [0.3, 0.4) is 0 Å². The van der Waals surface area contributed by atoms with E-state index in [4.69, 9.17) is 9.72 Å². The van der Waals surface area contributed by atoms with E-state index in [2.05, 4.69) is 22.3 Å². The van der Waals surface area contributed by atoms with E-state index < -0.39 is 5.97 Å². The third-order valence-corrected chi connectivity index (χ3v) is 6.55. The molecule has 172 valence electrons. The molecule has 2 aliphatic rings. The van der Waals surface area contributed by atoms with Crippen LogP contribution in [0.25, 0.3) is 0 Å². The predicted octanol–water partition coefficient (Wildman–Crippen LogP) is 4.11. The molecule has 2 N–H and O–H groups in total. The standard InChI is InChI=1S/C26H35N3O3/c30-25(31)17-22(20-7-2-1-3-8-20)19-32-24-11-6-16-29(18-24)15-5-10-23-13-12-21-9-4-14-27-26(21)28-23/h1-3,7-8,12-13,22,24H,4-6,9-11,14-19H2,(H,27,28)(H,30,31)/t22-,24-/m1/s1. The summed E-state index contributed by atoms with van der Waals surface area (Å²) < 4.78 is 6.23. The molecule has 1 saturated heterocycles. The molecule has 0 spiro atoms. The van der Waals surface area contributed by atoms with Crippen molar-refractivity contribution in [1.29, 1.82) is 0 Å². The van der Waals surface area contributed by atoms with Gasteiger partial charge in [0.1, 0.15) is 5.82 Å². The van der Waals surface area contributed by atoms with E-state index in [1.54, 1.807) is 0 Å². The van der Waals surface area contributed by atoms with Gasteiger partial charge >= 0.3 is 5.97 Å². The van der Waals surface area contributed by atoms with Gasteiger partial charge in [0.2, 0.25) is 0 Å². The molecule has 1 aromatic heterocycles. The van der Waals surface area contributed by atoms with Crippen LogP contribution < -0.4 is 5.32 Å². The number of hydrogen-bond acceptors (Lipinski definition) is 5. The summed E-state index contributed by atoms with van der Waals surface area (Å²) in [7, 11) is 0. The Hall–Kier alpha value is -2.44. The Labute approximate surface area is 191 Å². The Morgan fingerprint density at radius 3 is 2.94 bits per heavy atom. The maximum Gasteiger partial charge on any atom is 0.304 e. The number of carboxylic acid groups (broad SMARTS) is 1. The Balaban J connectivity index is 1.23. The molecular weight excluding hydrogens is 402 g/mol. The first-order valence-corrected chi connectivity index (χ1v) is 12.0. The number of ether oxygens (including phenoxy) is 1. The number of nitrogens with zero attached hydrogens (tertiary/aromatic N) is 2. The number of anilines is 1. The molecule has 0 amide bonds. The van der Waals surface area contributed by atoms with Gasteiger partial charge in [0.25, 0.3) is 0 Å². The zero-order chi connectivity index (χ0) is 22.2. The van der Waals surface area contributed by atoms with Crippen LogP contribution in [-0.2, 0) is 22.4 Å². The third kappa shape index (κ3) is 6.53. The lowest BCUT2D eigenvalue weighted by molar-refractivity contribution is -0.138. The van der Waals surface area contributed by atoms with Gasteiger partial charge in [-0.15, -0.1) is 0 Å². The minimum absolute atomic E-state index is 0.100. The summed E-state index contributed by atoms with van der Waals surface area (Å²) in [6.45, 7) is 4.56. The minimum Gasteiger partial charge on any atom is -0.481 e. The van der Waals surface area contributed by atoms with Crippen molar-refractivity contribution in [2.75, 3.05) is 38.1 Å². The molecule has 0 aliphatic carbocycles. The molecule has 2 aromatic rings. The summed E-state index contributed by atoms with van der Waals surface area (Å²) >= 11 is 0. The number of hydrogen-bond donors (Lipinski definition) is 2. The highest BCUT2D eigenvalue weighted by Gasteiger charge is 2.23. The number of likely N-dealkylation sites (tertiary alicyclic amines) is 1. The molecule has 0 unspecified atom stereocenters. The van der Waals surface area contributed by atoms with Crippen LogP contribution >= 0.6 is 0 Å². The van der Waals surface area contributed by atoms with Crippen LogP contribution in [0.4, 0.5) is 5.82 Å². The minimum atomic E-state index is -0.779. The number of aliphatic carboxylic acids is 1. The molecule has 6 nitrogen and oxygen atoms in total. The first-order valence-electron chi connectivity index (χ1n) is 12.0. The number of nitrogens with one attached hydrogen (secondary N) is 1. The maximum absolute atomic E-state index is 11.3. The van der Waals surface area contributed by atoms with E-state index in [0.29, 0.717) is 6.61 Å². The lowest BCUT2D eigenvalue weighted by Crippen LogP contribution is -2.40. The van der Waals surface area contributed by atoms with E-state index in [1.165, 1.54) is 17.7 Å². The number of benzene rings is 1. The third-order valence-electron chi connectivity index (χ3n) is 6.55. The van der Waals surface area contributed by atoms with Crippen molar-refractivity contribution in [3.05, 3.63) is 59.3 Å². The van der Waals surface area contributed by atoms with Gasteiger partial charge in [-0.05, 0) is 68.8 Å². The summed E-state index contributed by atoms with van der Waals surface area (Å²) in [6.07, 6.45) is 6.84. The number of carbonyl (C=O) groups is 1. The summed E-state index contributed by atoms with van der Waals surface area (Å²) in [5.41, 5.74) is 3.55. The Kier molecular flexibility index (Phi) is 8.13. The van der Waals surface area contributed by atoms with Gasteiger partial charge in [-0.3, -0.25) is 4.79 Å². The highest BCUT2D eigenvalue weighted by atomic mass is 16.5. The molecule has 4 rings (SSSR count). The number of piperidine rings is 1. The molecule has 1 aromatic carbocycles. The summed E-state index contributed by atoms with van der Waals surface area (Å²) in [6, 6.07) is 14.3. The highest BCUT2D eigenvalue weighted by Crippen LogP contribution is 2.23. The summed E-state index contributed by atoms with van der Waals surface area (Å²) in [5, 5.41) is 12.7. The highest BCUT2D eigenvalue weighted by molar-refractivity contribution is 5.68. The van der Waals surface area contributed by atoms with Crippen LogP contribution in [0.15, 0.2) is 42.5 Å². The first kappa shape index (κ1) is 22.7. The SMILES string of the molecule is O=C(O)C[C@H](CO[C@@H]1CCCN(CCCc2ccc3c(n2)NCCC3)C1)c1ccccc1. The molecule has 6 heteroatoms. The van der Waals surface area contributed by atoms with Crippen molar-refractivity contribution in [3.8, 4) is 0 Å². The fourth-order valence-electron chi connectivity index (χ4n) is 4.81. The van der Waals surface area contributed by atoms with Crippen LogP contribution in [0, 0.1) is 0 Å². The zero-order valence-electron chi connectivity index (χ0n) is 18.8. The fraction of sp³-hybridized carbons (Fsp3) is 0.538. The number of pyridine rings is 1. The van der Waals surface area contributed by atoms with Crippen molar-refractivity contribution in [2.24, 2.45) is 0 Å². The Morgan fingerprint density at radius 2 is 2.09 bits per heavy atom. The van der Waals surface area contributed by atoms with Crippen LogP contribution in [-0.4, -0.2) is 59.8 Å². The van der Waals surface area contributed by atoms with Gasteiger partial charge in [0.05, 0.1) is 19.1 Å². The number of carboxylic acids is 1. The van der Waals surface area contributed by atoms with Gasteiger partial charge in [0, 0.05) is 24.7 Å². The van der Waals surface area contributed by atoms with Gasteiger partial charge in [-0.1, -0.05) is 36.4 Å². The van der Waals surface area contributed by atoms with E-state index in [1.807, 2.05) is 30.3 Å². The zero-order valence-corrected chi connectivity index (χ0v) is 18.8. The molecular formula is C26H35N3O3. The van der Waals surface area contributed by atoms with Crippen molar-refractivity contribution in [1.82, 2.24) is 9.88 Å². The van der Waals surface area contributed by atoms with E-state index in [0.717, 1.165) is 69.7 Å². The van der Waals surface area contributed by atoms with Crippen molar-refractivity contribution >= 4 is 11.8 Å². The number of aryl methyl sites for hydroxylation is 2. The molecule has 0 radical (unpaired) electrons. The normalized spacial score (nSPS) is 19.7. The lowest BCUT2D eigenvalue weighted by Gasteiger charge is -2.33.